The number of hydrogen-bond acceptors (Lipinski definition) is 6. The highest BCUT2D eigenvalue weighted by molar-refractivity contribution is 6.02. The zero-order valence-corrected chi connectivity index (χ0v) is 17.5. The number of hydrogen-bond donors (Lipinski definition) is 2. The summed E-state index contributed by atoms with van der Waals surface area (Å²) in [5.41, 5.74) is 6.94. The van der Waals surface area contributed by atoms with Crippen molar-refractivity contribution in [2.24, 2.45) is 5.10 Å². The molecule has 0 atom stereocenters. The topological polar surface area (TPSA) is 96.7 Å². The Labute approximate surface area is 185 Å². The van der Waals surface area contributed by atoms with Crippen molar-refractivity contribution < 1.29 is 14.6 Å². The van der Waals surface area contributed by atoms with Gasteiger partial charge in [-0.3, -0.25) is 10.2 Å². The number of anilines is 1. The lowest BCUT2D eigenvalue weighted by Gasteiger charge is -2.12. The van der Waals surface area contributed by atoms with E-state index in [0.29, 0.717) is 17.2 Å². The molecule has 160 valence electrons. The van der Waals surface area contributed by atoms with Crippen molar-refractivity contribution in [2.75, 3.05) is 12.5 Å². The molecule has 0 bridgehead atoms. The first-order valence-electron chi connectivity index (χ1n) is 10.1. The van der Waals surface area contributed by atoms with E-state index in [0.717, 1.165) is 27.8 Å². The smallest absolute Gasteiger partial charge is 0.303 e. The van der Waals surface area contributed by atoms with Gasteiger partial charge in [-0.1, -0.05) is 42.5 Å². The molecule has 0 amide bonds. The maximum atomic E-state index is 11.1. The normalized spacial score (nSPS) is 11.3. The van der Waals surface area contributed by atoms with Crippen LogP contribution in [0.4, 0.5) is 5.82 Å². The van der Waals surface area contributed by atoms with Crippen molar-refractivity contribution in [3.63, 3.8) is 0 Å². The predicted octanol–water partition coefficient (Wildman–Crippen LogP) is 4.99. The summed E-state index contributed by atoms with van der Waals surface area (Å²) in [5.74, 6) is 0.419. The fourth-order valence-electron chi connectivity index (χ4n) is 3.32. The van der Waals surface area contributed by atoms with E-state index in [2.05, 4.69) is 20.5 Å². The number of pyridine rings is 2. The summed E-state index contributed by atoms with van der Waals surface area (Å²) in [6, 6.07) is 23.0. The number of carboxylic acids is 1. The predicted molar refractivity (Wildman–Crippen MR) is 125 cm³/mol. The van der Waals surface area contributed by atoms with Gasteiger partial charge in [0.15, 0.2) is 11.5 Å². The van der Waals surface area contributed by atoms with Gasteiger partial charge >= 0.3 is 5.97 Å². The largest absolute Gasteiger partial charge is 0.497 e. The Balaban J connectivity index is 1.76. The van der Waals surface area contributed by atoms with Crippen molar-refractivity contribution in [1.82, 2.24) is 9.97 Å². The van der Waals surface area contributed by atoms with Gasteiger partial charge in [-0.05, 0) is 41.5 Å². The van der Waals surface area contributed by atoms with Crippen LogP contribution in [-0.4, -0.2) is 33.9 Å². The van der Waals surface area contributed by atoms with Crippen molar-refractivity contribution in [3.8, 4) is 16.9 Å². The fourth-order valence-corrected chi connectivity index (χ4v) is 3.32. The van der Waals surface area contributed by atoms with Crippen LogP contribution in [0, 0.1) is 0 Å². The lowest BCUT2D eigenvalue weighted by Crippen LogP contribution is -2.08. The van der Waals surface area contributed by atoms with Crippen molar-refractivity contribution in [1.29, 1.82) is 0 Å². The summed E-state index contributed by atoms with van der Waals surface area (Å²) >= 11 is 0. The molecule has 2 aromatic heterocycles. The van der Waals surface area contributed by atoms with Gasteiger partial charge in [0.05, 0.1) is 19.2 Å². The molecule has 0 unspecified atom stereocenters. The molecule has 2 aromatic carbocycles. The minimum absolute atomic E-state index is 0.0204. The zero-order chi connectivity index (χ0) is 22.3. The van der Waals surface area contributed by atoms with E-state index in [4.69, 9.17) is 9.84 Å². The molecule has 7 nitrogen and oxygen atoms in total. The van der Waals surface area contributed by atoms with Crippen LogP contribution in [0.5, 0.6) is 5.75 Å². The van der Waals surface area contributed by atoms with Crippen LogP contribution in [0.2, 0.25) is 0 Å². The molecule has 4 aromatic rings. The van der Waals surface area contributed by atoms with Gasteiger partial charge in [0.25, 0.3) is 0 Å². The van der Waals surface area contributed by atoms with Gasteiger partial charge < -0.3 is 9.84 Å². The van der Waals surface area contributed by atoms with E-state index in [-0.39, 0.29) is 12.8 Å². The molecule has 0 aliphatic carbocycles. The first-order chi connectivity index (χ1) is 15.6. The number of benzene rings is 2. The number of methoxy groups -OCH3 is 1. The Bertz CT molecular complexity index is 1260. The van der Waals surface area contributed by atoms with Crippen LogP contribution >= 0.6 is 0 Å². The number of fused-ring (bicyclic) bond motifs is 1. The van der Waals surface area contributed by atoms with E-state index in [1.54, 1.807) is 13.3 Å². The quantitative estimate of drug-likeness (QED) is 0.304. The van der Waals surface area contributed by atoms with Crippen LogP contribution < -0.4 is 10.2 Å². The van der Waals surface area contributed by atoms with E-state index in [1.807, 2.05) is 72.8 Å². The summed E-state index contributed by atoms with van der Waals surface area (Å²) in [6.45, 7) is 0. The highest BCUT2D eigenvalue weighted by Gasteiger charge is 2.12. The molecular weight excluding hydrogens is 404 g/mol. The molecule has 0 saturated carbocycles. The summed E-state index contributed by atoms with van der Waals surface area (Å²) in [4.78, 5) is 20.2. The summed E-state index contributed by atoms with van der Waals surface area (Å²) in [6.07, 6.45) is 1.96. The first kappa shape index (κ1) is 21.0. The van der Waals surface area contributed by atoms with E-state index in [9.17, 15) is 4.79 Å². The lowest BCUT2D eigenvalue weighted by molar-refractivity contribution is -0.136. The fraction of sp³-hybridized carbons (Fsp3) is 0.120. The minimum atomic E-state index is -0.874. The average molecular weight is 426 g/mol. The third-order valence-corrected chi connectivity index (χ3v) is 4.97. The minimum Gasteiger partial charge on any atom is -0.497 e. The average Bonchev–Trinajstić information content (AvgIpc) is 2.84. The number of carboxylic acid groups (broad SMARTS) is 1. The maximum Gasteiger partial charge on any atom is 0.303 e. The number of aliphatic carboxylic acids is 1. The molecule has 2 heterocycles. The van der Waals surface area contributed by atoms with Gasteiger partial charge in [0.2, 0.25) is 0 Å². The van der Waals surface area contributed by atoms with Crippen LogP contribution in [-0.2, 0) is 4.79 Å². The molecule has 0 radical (unpaired) electrons. The van der Waals surface area contributed by atoms with Crippen molar-refractivity contribution in [3.05, 3.63) is 84.6 Å². The number of aromatic nitrogens is 2. The number of ether oxygens (including phenoxy) is 1. The number of rotatable bonds is 8. The summed E-state index contributed by atoms with van der Waals surface area (Å²) in [7, 11) is 1.63. The van der Waals surface area contributed by atoms with Gasteiger partial charge in [0, 0.05) is 23.6 Å². The third-order valence-electron chi connectivity index (χ3n) is 4.97. The second-order valence-electron chi connectivity index (χ2n) is 7.09. The van der Waals surface area contributed by atoms with Crippen LogP contribution in [0.25, 0.3) is 22.2 Å². The van der Waals surface area contributed by atoms with Gasteiger partial charge in [-0.25, -0.2) is 9.97 Å². The highest BCUT2D eigenvalue weighted by Crippen LogP contribution is 2.31. The monoisotopic (exact) mass is 426 g/mol. The van der Waals surface area contributed by atoms with E-state index in [1.165, 1.54) is 0 Å². The Hall–Kier alpha value is -4.26. The van der Waals surface area contributed by atoms with E-state index >= 15 is 0 Å². The number of hydrazone groups is 1. The second kappa shape index (κ2) is 9.70. The van der Waals surface area contributed by atoms with Gasteiger partial charge in [-0.15, -0.1) is 0 Å². The molecule has 4 rings (SSSR count). The van der Waals surface area contributed by atoms with E-state index < -0.39 is 5.97 Å². The molecule has 7 heteroatoms. The standard InChI is InChI=1S/C25H22N4O3/c1-32-20-11-9-17(10-12-20)21-16-19-8-5-15-26-24(19)27-25(21)29-28-22(13-14-23(30)31)18-6-3-2-4-7-18/h2-12,15-16H,13-14H2,1H3,(H,30,31)(H,26,27,29)/b28-22+. The second-order valence-corrected chi connectivity index (χ2v) is 7.09. The Morgan fingerprint density at radius 1 is 1.03 bits per heavy atom. The Kier molecular flexibility index (Phi) is 6.36. The summed E-state index contributed by atoms with van der Waals surface area (Å²) in [5, 5.41) is 14.6. The lowest BCUT2D eigenvalue weighted by atomic mass is 10.0. The first-order valence-corrected chi connectivity index (χ1v) is 10.1. The molecule has 0 aliphatic rings. The molecule has 0 spiro atoms. The molecule has 0 saturated heterocycles. The van der Waals surface area contributed by atoms with Crippen LogP contribution in [0.1, 0.15) is 18.4 Å². The van der Waals surface area contributed by atoms with Crippen molar-refractivity contribution in [2.45, 2.75) is 12.8 Å². The van der Waals surface area contributed by atoms with Crippen molar-refractivity contribution >= 4 is 28.5 Å². The summed E-state index contributed by atoms with van der Waals surface area (Å²) < 4.78 is 5.27. The highest BCUT2D eigenvalue weighted by atomic mass is 16.5. The zero-order valence-electron chi connectivity index (χ0n) is 17.5. The van der Waals surface area contributed by atoms with Gasteiger partial charge in [0.1, 0.15) is 5.75 Å². The SMILES string of the molecule is COc1ccc(-c2cc3cccnc3nc2N/N=C(\CCC(=O)O)c2ccccc2)cc1. The molecular formula is C25H22N4O3. The molecule has 32 heavy (non-hydrogen) atoms. The van der Waals surface area contributed by atoms with Crippen LogP contribution in [0.3, 0.4) is 0 Å². The maximum absolute atomic E-state index is 11.1. The van der Waals surface area contributed by atoms with Crippen LogP contribution in [0.15, 0.2) is 84.1 Å². The Morgan fingerprint density at radius 2 is 1.81 bits per heavy atom. The Morgan fingerprint density at radius 3 is 2.53 bits per heavy atom. The molecule has 2 N–H and O–H groups in total. The third kappa shape index (κ3) is 4.89. The molecule has 0 aliphatic heterocycles. The number of nitrogens with one attached hydrogen (secondary N) is 1. The molecule has 0 fully saturated rings. The number of nitrogens with zero attached hydrogens (tertiary/aromatic N) is 3. The van der Waals surface area contributed by atoms with Gasteiger partial charge in [-0.2, -0.15) is 5.10 Å². The number of carbonyl (C=O) groups is 1.